The lowest BCUT2D eigenvalue weighted by Crippen LogP contribution is -2.07. The fraction of sp³-hybridized carbons (Fsp3) is 0.263. The second-order valence-electron chi connectivity index (χ2n) is 4.95. The highest BCUT2D eigenvalue weighted by Crippen LogP contribution is 2.27. The zero-order chi connectivity index (χ0) is 18.8. The van der Waals surface area contributed by atoms with Gasteiger partial charge in [0.05, 0.1) is 17.7 Å². The molecule has 1 aromatic carbocycles. The topological polar surface area (TPSA) is 39.9 Å². The molecule has 0 heterocycles. The average Bonchev–Trinajstić information content (AvgIpc) is 2.61. The van der Waals surface area contributed by atoms with Crippen molar-refractivity contribution in [1.29, 1.82) is 0 Å². The summed E-state index contributed by atoms with van der Waals surface area (Å²) in [5, 5.41) is 0.519. The van der Waals surface area contributed by atoms with Crippen LogP contribution in [-0.2, 0) is 4.74 Å². The van der Waals surface area contributed by atoms with Gasteiger partial charge >= 0.3 is 5.97 Å². The van der Waals surface area contributed by atoms with E-state index in [4.69, 9.17) is 27.6 Å². The molecule has 25 heavy (non-hydrogen) atoms. The first-order valence-electron chi connectivity index (χ1n) is 7.54. The number of halogens is 2. The maximum atomic E-state index is 11.9. The van der Waals surface area contributed by atoms with Crippen molar-refractivity contribution in [3.63, 3.8) is 0 Å². The molecule has 1 aromatic rings. The molecule has 0 aromatic heterocycles. The molecule has 0 N–H and O–H groups in total. The molecule has 4 nitrogen and oxygen atoms in total. The van der Waals surface area contributed by atoms with Gasteiger partial charge in [-0.15, -0.1) is 0 Å². The number of nitrogens with zero attached hydrogens (tertiary/aromatic N) is 1. The average molecular weight is 426 g/mol. The van der Waals surface area contributed by atoms with Gasteiger partial charge in [-0.2, -0.15) is 0 Å². The Balaban J connectivity index is 2.91. The first kappa shape index (κ1) is 21.0. The summed E-state index contributed by atoms with van der Waals surface area (Å²) in [5.74, 6) is -0.0527. The largest absolute Gasteiger partial charge is 0.489 e. The van der Waals surface area contributed by atoms with Gasteiger partial charge in [-0.3, -0.25) is 0 Å². The third-order valence-corrected chi connectivity index (χ3v) is 4.26. The number of carbonyl (C=O) groups excluding carboxylic acids is 1. The number of rotatable bonds is 7. The lowest BCUT2D eigenvalue weighted by atomic mass is 10.1. The Hall–Kier alpha value is -2.03. The molecule has 0 saturated heterocycles. The molecule has 0 bridgehead atoms. The quantitative estimate of drug-likeness (QED) is 0.422. The molecule has 0 saturated carbocycles. The van der Waals surface area contributed by atoms with Crippen LogP contribution in [0.15, 0.2) is 57.6 Å². The van der Waals surface area contributed by atoms with E-state index in [1.807, 2.05) is 26.0 Å². The second kappa shape index (κ2) is 10.8. The van der Waals surface area contributed by atoms with Crippen molar-refractivity contribution in [3.8, 4) is 12.3 Å². The molecule has 0 spiro atoms. The summed E-state index contributed by atoms with van der Waals surface area (Å²) in [6.07, 6.45) is 7.19. The molecule has 1 rings (SSSR count). The zero-order valence-electron chi connectivity index (χ0n) is 14.3. The first-order chi connectivity index (χ1) is 12.0. The zero-order valence-corrected chi connectivity index (χ0v) is 16.7. The van der Waals surface area contributed by atoms with Crippen LogP contribution in [0.3, 0.4) is 0 Å². The van der Waals surface area contributed by atoms with Gasteiger partial charge in [-0.25, -0.2) is 4.79 Å². The summed E-state index contributed by atoms with van der Waals surface area (Å²) >= 11 is 9.62. The molecule has 0 aliphatic rings. The lowest BCUT2D eigenvalue weighted by molar-refractivity contribution is 0.0595. The van der Waals surface area contributed by atoms with E-state index >= 15 is 0 Å². The number of benzene rings is 1. The SMILES string of the molecule is C#[N+]C(C)C(/C=C\C)=C(Cl)\C=C/COc1cccc(Br)c1C(=O)OC. The molecule has 0 amide bonds. The highest BCUT2D eigenvalue weighted by molar-refractivity contribution is 9.10. The first-order valence-corrected chi connectivity index (χ1v) is 8.71. The van der Waals surface area contributed by atoms with Crippen LogP contribution in [0, 0.1) is 6.57 Å². The fourth-order valence-corrected chi connectivity index (χ4v) is 2.81. The smallest absolute Gasteiger partial charge is 0.342 e. The molecule has 0 radical (unpaired) electrons. The second-order valence-corrected chi connectivity index (χ2v) is 6.21. The van der Waals surface area contributed by atoms with E-state index in [9.17, 15) is 4.79 Å². The van der Waals surface area contributed by atoms with Crippen molar-refractivity contribution >= 4 is 33.5 Å². The normalized spacial score (nSPS) is 13.4. The fourth-order valence-electron chi connectivity index (χ4n) is 1.99. The lowest BCUT2D eigenvalue weighted by Gasteiger charge is -2.10. The summed E-state index contributed by atoms with van der Waals surface area (Å²) in [4.78, 5) is 15.6. The molecule has 1 atom stereocenters. The van der Waals surface area contributed by atoms with E-state index in [0.717, 1.165) is 5.57 Å². The highest BCUT2D eigenvalue weighted by atomic mass is 79.9. The Morgan fingerprint density at radius 3 is 2.76 bits per heavy atom. The molecular formula is C19H20BrClNO3+. The highest BCUT2D eigenvalue weighted by Gasteiger charge is 2.17. The van der Waals surface area contributed by atoms with Crippen molar-refractivity contribution in [2.75, 3.05) is 13.7 Å². The predicted octanol–water partition coefficient (Wildman–Crippen LogP) is 5.59. The van der Waals surface area contributed by atoms with Gasteiger partial charge < -0.3 is 9.47 Å². The number of hydrogen-bond acceptors (Lipinski definition) is 3. The molecule has 1 unspecified atom stereocenters. The summed E-state index contributed by atoms with van der Waals surface area (Å²) in [7, 11) is 1.32. The summed E-state index contributed by atoms with van der Waals surface area (Å²) in [5.41, 5.74) is 1.14. The van der Waals surface area contributed by atoms with Gasteiger partial charge in [0, 0.05) is 11.4 Å². The van der Waals surface area contributed by atoms with E-state index in [0.29, 0.717) is 20.8 Å². The minimum atomic E-state index is -0.474. The summed E-state index contributed by atoms with van der Waals surface area (Å²) in [6.45, 7) is 9.32. The van der Waals surface area contributed by atoms with Crippen molar-refractivity contribution in [1.82, 2.24) is 0 Å². The van der Waals surface area contributed by atoms with E-state index in [2.05, 4.69) is 20.8 Å². The Morgan fingerprint density at radius 1 is 1.44 bits per heavy atom. The summed E-state index contributed by atoms with van der Waals surface area (Å²) < 4.78 is 11.0. The Labute approximate surface area is 161 Å². The van der Waals surface area contributed by atoms with Crippen molar-refractivity contribution < 1.29 is 14.3 Å². The number of ether oxygens (including phenoxy) is 2. The monoisotopic (exact) mass is 424 g/mol. The number of methoxy groups -OCH3 is 1. The van der Waals surface area contributed by atoms with Gasteiger partial charge in [-0.05, 0) is 47.1 Å². The van der Waals surface area contributed by atoms with Crippen molar-refractivity contribution in [2.24, 2.45) is 0 Å². The minimum Gasteiger partial charge on any atom is -0.489 e. The van der Waals surface area contributed by atoms with E-state index < -0.39 is 5.97 Å². The molecule has 132 valence electrons. The van der Waals surface area contributed by atoms with Gasteiger partial charge in [0.25, 0.3) is 12.6 Å². The van der Waals surface area contributed by atoms with Crippen molar-refractivity contribution in [3.05, 3.63) is 68.0 Å². The summed E-state index contributed by atoms with van der Waals surface area (Å²) in [6, 6.07) is 5.00. The van der Waals surface area contributed by atoms with Crippen LogP contribution in [-0.4, -0.2) is 25.7 Å². The Kier molecular flexibility index (Phi) is 9.04. The van der Waals surface area contributed by atoms with E-state index in [-0.39, 0.29) is 12.6 Å². The molecular weight excluding hydrogens is 406 g/mol. The van der Waals surface area contributed by atoms with E-state index in [1.165, 1.54) is 7.11 Å². The third kappa shape index (κ3) is 6.08. The standard InChI is InChI=1S/C19H20BrClNO3/c1-5-8-14(13(2)22-3)16(21)10-7-12-25-17-11-6-9-15(20)18(17)19(23)24-4/h3,5-11,13H,12H2,1-2,4H3/q+1/b8-5-,10-7-,16-14+. The number of hydrogen-bond donors (Lipinski definition) is 0. The van der Waals surface area contributed by atoms with Crippen LogP contribution in [0.1, 0.15) is 24.2 Å². The maximum absolute atomic E-state index is 11.9. The van der Waals surface area contributed by atoms with Crippen molar-refractivity contribution in [2.45, 2.75) is 19.9 Å². The van der Waals surface area contributed by atoms with Gasteiger partial charge in [0.2, 0.25) is 0 Å². The Morgan fingerprint density at radius 2 is 2.16 bits per heavy atom. The molecule has 0 fully saturated rings. The Bertz CT molecular complexity index is 748. The van der Waals surface area contributed by atoms with Crippen LogP contribution in [0.5, 0.6) is 5.75 Å². The molecule has 0 aliphatic carbocycles. The van der Waals surface area contributed by atoms with Crippen LogP contribution in [0.2, 0.25) is 0 Å². The maximum Gasteiger partial charge on any atom is 0.342 e. The van der Waals surface area contributed by atoms with Crippen LogP contribution in [0.4, 0.5) is 0 Å². The third-order valence-electron chi connectivity index (χ3n) is 3.26. The number of allylic oxidation sites excluding steroid dienone is 3. The predicted molar refractivity (Wildman–Crippen MR) is 106 cm³/mol. The minimum absolute atomic E-state index is 0.217. The van der Waals surface area contributed by atoms with Gasteiger partial charge in [0.1, 0.15) is 17.9 Å². The number of carbonyl (C=O) groups is 1. The van der Waals surface area contributed by atoms with Crippen LogP contribution < -0.4 is 4.74 Å². The van der Waals surface area contributed by atoms with Gasteiger partial charge in [0.15, 0.2) is 0 Å². The van der Waals surface area contributed by atoms with Crippen LogP contribution in [0.25, 0.3) is 4.85 Å². The van der Waals surface area contributed by atoms with E-state index in [1.54, 1.807) is 30.4 Å². The van der Waals surface area contributed by atoms with Crippen LogP contribution >= 0.6 is 27.5 Å². The molecule has 6 heteroatoms. The van der Waals surface area contributed by atoms with Gasteiger partial charge in [-0.1, -0.05) is 34.7 Å². The number of esters is 1. The molecule has 0 aliphatic heterocycles.